The third-order valence-electron chi connectivity index (χ3n) is 6.06. The van der Waals surface area contributed by atoms with Crippen LogP contribution in [0.15, 0.2) is 48.7 Å². The quantitative estimate of drug-likeness (QED) is 0.760. The lowest BCUT2D eigenvalue weighted by Gasteiger charge is -2.35. The monoisotopic (exact) mass is 410 g/mol. The highest BCUT2D eigenvalue weighted by Crippen LogP contribution is 2.38. The topological polar surface area (TPSA) is 89.0 Å². The molecule has 30 heavy (non-hydrogen) atoms. The number of carbonyl (C=O) groups excluding carboxylic acids is 2. The molecule has 1 saturated carbocycles. The maximum atomic E-state index is 12.7. The van der Waals surface area contributed by atoms with Gasteiger partial charge in [-0.25, -0.2) is 4.79 Å². The van der Waals surface area contributed by atoms with Gasteiger partial charge in [0, 0.05) is 25.0 Å². The van der Waals surface area contributed by atoms with E-state index in [0.29, 0.717) is 49.6 Å². The molecule has 7 nitrogen and oxygen atoms in total. The van der Waals surface area contributed by atoms with Gasteiger partial charge in [-0.05, 0) is 61.1 Å². The van der Waals surface area contributed by atoms with E-state index in [1.807, 2.05) is 23.1 Å². The first-order valence-electron chi connectivity index (χ1n) is 10.2. The second-order valence-electron chi connectivity index (χ2n) is 8.03. The Bertz CT molecular complexity index is 886. The summed E-state index contributed by atoms with van der Waals surface area (Å²) in [5.74, 6) is 0.873. The molecule has 1 N–H and O–H groups in total. The smallest absolute Gasteiger partial charge is 0.337 e. The molecule has 0 bridgehead atoms. The van der Waals surface area contributed by atoms with E-state index in [2.05, 4.69) is 4.98 Å². The molecular weight excluding hydrogens is 384 g/mol. The van der Waals surface area contributed by atoms with Crippen LogP contribution in [0.1, 0.15) is 28.9 Å². The molecule has 2 heterocycles. The van der Waals surface area contributed by atoms with Gasteiger partial charge in [-0.3, -0.25) is 9.78 Å². The number of rotatable bonds is 5. The number of methoxy groups -OCH3 is 1. The molecule has 1 amide bonds. The lowest BCUT2D eigenvalue weighted by atomic mass is 9.78. The van der Waals surface area contributed by atoms with Gasteiger partial charge in [0.1, 0.15) is 11.9 Å². The third kappa shape index (κ3) is 4.46. The molecule has 158 valence electrons. The van der Waals surface area contributed by atoms with Crippen LogP contribution in [0.2, 0.25) is 0 Å². The number of pyridine rings is 1. The van der Waals surface area contributed by atoms with Crippen LogP contribution in [-0.4, -0.2) is 59.3 Å². The van der Waals surface area contributed by atoms with Crippen molar-refractivity contribution in [1.82, 2.24) is 9.88 Å². The largest absolute Gasteiger partial charge is 0.488 e. The summed E-state index contributed by atoms with van der Waals surface area (Å²) in [7, 11) is 1.34. The summed E-state index contributed by atoms with van der Waals surface area (Å²) in [6.07, 6.45) is 2.39. The third-order valence-corrected chi connectivity index (χ3v) is 6.06. The zero-order valence-corrected chi connectivity index (χ0v) is 16.9. The van der Waals surface area contributed by atoms with Crippen molar-refractivity contribution >= 4 is 11.9 Å². The zero-order valence-electron chi connectivity index (χ0n) is 16.9. The summed E-state index contributed by atoms with van der Waals surface area (Å²) in [6, 6.07) is 12.3. The van der Waals surface area contributed by atoms with E-state index in [-0.39, 0.29) is 17.9 Å². The number of esters is 1. The predicted molar refractivity (Wildman–Crippen MR) is 109 cm³/mol. The van der Waals surface area contributed by atoms with Crippen molar-refractivity contribution in [2.75, 3.05) is 20.2 Å². The van der Waals surface area contributed by atoms with E-state index in [1.165, 1.54) is 7.11 Å². The summed E-state index contributed by atoms with van der Waals surface area (Å²) in [5.41, 5.74) is 1.22. The number of likely N-dealkylation sites (tertiary alicyclic amines) is 1. The molecule has 1 aromatic carbocycles. The van der Waals surface area contributed by atoms with Gasteiger partial charge in [-0.15, -0.1) is 0 Å². The Kier molecular flexibility index (Phi) is 5.99. The summed E-state index contributed by atoms with van der Waals surface area (Å²) in [6.45, 7) is 1.36. The molecule has 4 rings (SSSR count). The van der Waals surface area contributed by atoms with Gasteiger partial charge in [-0.1, -0.05) is 6.07 Å². The van der Waals surface area contributed by atoms with E-state index in [4.69, 9.17) is 9.47 Å². The molecule has 0 unspecified atom stereocenters. The minimum absolute atomic E-state index is 0.0773. The highest BCUT2D eigenvalue weighted by atomic mass is 16.5. The summed E-state index contributed by atoms with van der Waals surface area (Å²) in [4.78, 5) is 30.4. The maximum Gasteiger partial charge on any atom is 0.337 e. The Hall–Kier alpha value is -2.93. The number of hydrogen-bond acceptors (Lipinski definition) is 6. The van der Waals surface area contributed by atoms with Crippen LogP contribution in [0.25, 0.3) is 0 Å². The molecule has 1 aromatic heterocycles. The SMILES string of the molecule is COC(=O)c1ccc(O[C@@H]2C[C@@H]3CN(C(=O)Cc4ccccn4)C[C@@H]3C[C@H]2O)cc1. The molecule has 0 spiro atoms. The van der Waals surface area contributed by atoms with Crippen LogP contribution in [0.3, 0.4) is 0 Å². The zero-order chi connectivity index (χ0) is 21.1. The molecule has 4 atom stereocenters. The minimum atomic E-state index is -0.586. The van der Waals surface area contributed by atoms with Crippen molar-refractivity contribution in [3.8, 4) is 5.75 Å². The number of aliphatic hydroxyl groups excluding tert-OH is 1. The first-order chi connectivity index (χ1) is 14.5. The van der Waals surface area contributed by atoms with Crippen LogP contribution < -0.4 is 4.74 Å². The normalized spacial score (nSPS) is 25.5. The molecule has 1 aliphatic heterocycles. The molecule has 2 aliphatic rings. The Morgan fingerprint density at radius 2 is 1.83 bits per heavy atom. The second kappa shape index (κ2) is 8.83. The molecule has 2 fully saturated rings. The first-order valence-corrected chi connectivity index (χ1v) is 10.2. The van der Waals surface area contributed by atoms with Crippen molar-refractivity contribution in [1.29, 1.82) is 0 Å². The molecule has 1 aliphatic carbocycles. The minimum Gasteiger partial charge on any atom is -0.488 e. The summed E-state index contributed by atoms with van der Waals surface area (Å²) in [5, 5.41) is 10.6. The fourth-order valence-corrected chi connectivity index (χ4v) is 4.45. The van der Waals surface area contributed by atoms with Crippen LogP contribution in [0.4, 0.5) is 0 Å². The Labute approximate surface area is 175 Å². The fraction of sp³-hybridized carbons (Fsp3) is 0.435. The van der Waals surface area contributed by atoms with E-state index in [0.717, 1.165) is 5.69 Å². The van der Waals surface area contributed by atoms with Gasteiger partial charge >= 0.3 is 5.97 Å². The molecule has 0 radical (unpaired) electrons. The number of aromatic nitrogens is 1. The Morgan fingerprint density at radius 1 is 1.10 bits per heavy atom. The van der Waals surface area contributed by atoms with Crippen LogP contribution in [-0.2, 0) is 16.0 Å². The van der Waals surface area contributed by atoms with Gasteiger partial charge in [-0.2, -0.15) is 0 Å². The van der Waals surface area contributed by atoms with Crippen molar-refractivity contribution < 1.29 is 24.2 Å². The number of carbonyl (C=O) groups is 2. The van der Waals surface area contributed by atoms with E-state index in [1.54, 1.807) is 30.5 Å². The predicted octanol–water partition coefficient (Wildman–Crippen LogP) is 2.09. The standard InChI is InChI=1S/C23H26N2O5/c1-29-23(28)15-5-7-19(8-6-15)30-21-11-17-14-25(13-16(17)10-20(21)26)22(27)12-18-4-2-3-9-24-18/h2-9,16-17,20-21,26H,10-14H2,1H3/t16-,17+,20+,21+/m0/s1. The van der Waals surface area contributed by atoms with Crippen molar-refractivity contribution in [2.24, 2.45) is 11.8 Å². The lowest BCUT2D eigenvalue weighted by molar-refractivity contribution is -0.129. The number of fused-ring (bicyclic) bond motifs is 1. The van der Waals surface area contributed by atoms with E-state index in [9.17, 15) is 14.7 Å². The van der Waals surface area contributed by atoms with Gasteiger partial charge in [0.05, 0.1) is 25.2 Å². The average molecular weight is 410 g/mol. The van der Waals surface area contributed by atoms with Crippen LogP contribution in [0.5, 0.6) is 5.75 Å². The summed E-state index contributed by atoms with van der Waals surface area (Å²) >= 11 is 0. The number of hydrogen-bond donors (Lipinski definition) is 1. The first kappa shape index (κ1) is 20.3. The highest BCUT2D eigenvalue weighted by Gasteiger charge is 2.43. The van der Waals surface area contributed by atoms with Gasteiger partial charge in [0.15, 0.2) is 0 Å². The van der Waals surface area contributed by atoms with Crippen molar-refractivity contribution in [2.45, 2.75) is 31.5 Å². The number of benzene rings is 1. The number of amides is 1. The van der Waals surface area contributed by atoms with E-state index >= 15 is 0 Å². The molecule has 1 saturated heterocycles. The maximum absolute atomic E-state index is 12.7. The van der Waals surface area contributed by atoms with Gasteiger partial charge in [0.25, 0.3) is 0 Å². The molecule has 7 heteroatoms. The second-order valence-corrected chi connectivity index (χ2v) is 8.03. The van der Waals surface area contributed by atoms with Gasteiger partial charge in [0.2, 0.25) is 5.91 Å². The molecular formula is C23H26N2O5. The van der Waals surface area contributed by atoms with Crippen LogP contribution in [0, 0.1) is 11.8 Å². The van der Waals surface area contributed by atoms with Crippen molar-refractivity contribution in [3.05, 3.63) is 59.9 Å². The van der Waals surface area contributed by atoms with Crippen LogP contribution >= 0.6 is 0 Å². The number of nitrogens with zero attached hydrogens (tertiary/aromatic N) is 2. The Morgan fingerprint density at radius 3 is 2.50 bits per heavy atom. The number of aliphatic hydroxyl groups is 1. The Balaban J connectivity index is 1.35. The van der Waals surface area contributed by atoms with Crippen molar-refractivity contribution in [3.63, 3.8) is 0 Å². The lowest BCUT2D eigenvalue weighted by Crippen LogP contribution is -2.42. The van der Waals surface area contributed by atoms with Gasteiger partial charge < -0.3 is 19.5 Å². The number of ether oxygens (including phenoxy) is 2. The average Bonchev–Trinajstić information content (AvgIpc) is 3.17. The fourth-order valence-electron chi connectivity index (χ4n) is 4.45. The van der Waals surface area contributed by atoms with E-state index < -0.39 is 12.1 Å². The highest BCUT2D eigenvalue weighted by molar-refractivity contribution is 5.89. The molecule has 2 aromatic rings. The summed E-state index contributed by atoms with van der Waals surface area (Å²) < 4.78 is 10.7.